The molecule has 218 valence electrons. The average molecular weight is 546 g/mol. The molecule has 0 heterocycles. The molecule has 9 heteroatoms. The predicted molar refractivity (Wildman–Crippen MR) is 153 cm³/mol. The first kappa shape index (κ1) is 33.7. The fraction of sp³-hybridized carbons (Fsp3) is 0.600. The highest BCUT2D eigenvalue weighted by Crippen LogP contribution is 2.26. The first-order valence-corrected chi connectivity index (χ1v) is 13.8. The molecule has 3 unspecified atom stereocenters. The second kappa shape index (κ2) is 16.6. The molecule has 0 spiro atoms. The SMILES string of the molecule is C=Cc1cccc(C(C(=O)NCCC(=O)OCC)N(CCCC)C(=O)C(NC(=O)OC(C)(C)C)C(C)CC)c1. The van der Waals surface area contributed by atoms with Crippen LogP contribution in [0.25, 0.3) is 6.08 Å². The highest BCUT2D eigenvalue weighted by Gasteiger charge is 2.37. The maximum Gasteiger partial charge on any atom is 0.408 e. The molecule has 3 atom stereocenters. The fourth-order valence-corrected chi connectivity index (χ4v) is 3.94. The van der Waals surface area contributed by atoms with Crippen molar-refractivity contribution in [3.05, 3.63) is 42.0 Å². The van der Waals surface area contributed by atoms with Gasteiger partial charge in [0.2, 0.25) is 11.8 Å². The molecule has 1 aromatic rings. The first-order valence-electron chi connectivity index (χ1n) is 13.8. The molecule has 0 aliphatic heterocycles. The highest BCUT2D eigenvalue weighted by atomic mass is 16.6. The minimum atomic E-state index is -0.988. The van der Waals surface area contributed by atoms with Gasteiger partial charge in [0, 0.05) is 13.1 Å². The summed E-state index contributed by atoms with van der Waals surface area (Å²) >= 11 is 0. The molecule has 2 N–H and O–H groups in total. The Morgan fingerprint density at radius 3 is 2.38 bits per heavy atom. The van der Waals surface area contributed by atoms with E-state index in [0.29, 0.717) is 24.9 Å². The van der Waals surface area contributed by atoms with Gasteiger partial charge in [0.1, 0.15) is 17.7 Å². The van der Waals surface area contributed by atoms with Crippen LogP contribution in [0.1, 0.15) is 91.3 Å². The molecule has 3 amide bonds. The monoisotopic (exact) mass is 545 g/mol. The van der Waals surface area contributed by atoms with E-state index in [9.17, 15) is 19.2 Å². The third kappa shape index (κ3) is 11.5. The zero-order valence-electron chi connectivity index (χ0n) is 24.7. The van der Waals surface area contributed by atoms with Crippen molar-refractivity contribution in [2.45, 2.75) is 91.8 Å². The van der Waals surface area contributed by atoms with Gasteiger partial charge < -0.3 is 25.0 Å². The van der Waals surface area contributed by atoms with Gasteiger partial charge in [-0.25, -0.2) is 4.79 Å². The van der Waals surface area contributed by atoms with Crippen molar-refractivity contribution < 1.29 is 28.7 Å². The van der Waals surface area contributed by atoms with Gasteiger partial charge in [0.25, 0.3) is 0 Å². The molecule has 0 radical (unpaired) electrons. The molecule has 1 rings (SSSR count). The Morgan fingerprint density at radius 1 is 1.13 bits per heavy atom. The summed E-state index contributed by atoms with van der Waals surface area (Å²) in [7, 11) is 0. The van der Waals surface area contributed by atoms with Crippen LogP contribution in [0.4, 0.5) is 4.79 Å². The maximum absolute atomic E-state index is 14.2. The smallest absolute Gasteiger partial charge is 0.408 e. The Labute approximate surface area is 233 Å². The molecule has 1 aromatic carbocycles. The Kier molecular flexibility index (Phi) is 14.3. The van der Waals surface area contributed by atoms with Crippen LogP contribution in [0.5, 0.6) is 0 Å². The molecule has 0 aromatic heterocycles. The topological polar surface area (TPSA) is 114 Å². The summed E-state index contributed by atoms with van der Waals surface area (Å²) in [6.45, 7) is 17.2. The average Bonchev–Trinajstić information content (AvgIpc) is 2.87. The third-order valence-electron chi connectivity index (χ3n) is 6.14. The molecule has 0 fully saturated rings. The van der Waals surface area contributed by atoms with Crippen LogP contribution in [0.15, 0.2) is 30.8 Å². The van der Waals surface area contributed by atoms with Crippen LogP contribution in [0.2, 0.25) is 0 Å². The Balaban J connectivity index is 3.48. The maximum atomic E-state index is 14.2. The number of rotatable bonds is 15. The lowest BCUT2D eigenvalue weighted by atomic mass is 9.95. The van der Waals surface area contributed by atoms with Crippen LogP contribution < -0.4 is 10.6 Å². The Bertz CT molecular complexity index is 972. The van der Waals surface area contributed by atoms with E-state index in [1.807, 2.05) is 32.9 Å². The van der Waals surface area contributed by atoms with E-state index in [1.165, 1.54) is 4.90 Å². The van der Waals surface area contributed by atoms with Crippen molar-refractivity contribution in [1.29, 1.82) is 0 Å². The van der Waals surface area contributed by atoms with Crippen molar-refractivity contribution in [3.8, 4) is 0 Å². The number of alkyl carbamates (subject to hydrolysis) is 1. The van der Waals surface area contributed by atoms with Crippen LogP contribution in [-0.4, -0.2) is 60.1 Å². The summed E-state index contributed by atoms with van der Waals surface area (Å²) in [6.07, 6.45) is 3.05. The summed E-state index contributed by atoms with van der Waals surface area (Å²) in [6, 6.07) is 5.37. The van der Waals surface area contributed by atoms with Crippen LogP contribution in [0, 0.1) is 5.92 Å². The zero-order valence-corrected chi connectivity index (χ0v) is 24.7. The molecule has 9 nitrogen and oxygen atoms in total. The van der Waals surface area contributed by atoms with Crippen molar-refractivity contribution in [1.82, 2.24) is 15.5 Å². The molecule has 0 saturated carbocycles. The lowest BCUT2D eigenvalue weighted by molar-refractivity contribution is -0.145. The van der Waals surface area contributed by atoms with E-state index >= 15 is 0 Å². The van der Waals surface area contributed by atoms with Crippen LogP contribution in [-0.2, 0) is 23.9 Å². The van der Waals surface area contributed by atoms with Gasteiger partial charge in [-0.2, -0.15) is 0 Å². The number of nitrogens with one attached hydrogen (secondary N) is 2. The molecular formula is C30H47N3O6. The Hall–Kier alpha value is -3.36. The molecular weight excluding hydrogens is 498 g/mol. The van der Waals surface area contributed by atoms with Crippen molar-refractivity contribution in [2.24, 2.45) is 5.92 Å². The molecule has 0 bridgehead atoms. The van der Waals surface area contributed by atoms with Gasteiger partial charge in [-0.1, -0.05) is 64.5 Å². The lowest BCUT2D eigenvalue weighted by Crippen LogP contribution is -2.55. The lowest BCUT2D eigenvalue weighted by Gasteiger charge is -2.36. The summed E-state index contributed by atoms with van der Waals surface area (Å²) in [5, 5.41) is 5.56. The number of carbonyl (C=O) groups is 4. The fourth-order valence-electron chi connectivity index (χ4n) is 3.94. The van der Waals surface area contributed by atoms with Gasteiger partial charge in [0.05, 0.1) is 13.0 Å². The van der Waals surface area contributed by atoms with Gasteiger partial charge in [-0.05, 0) is 57.2 Å². The normalized spacial score (nSPS) is 13.4. The van der Waals surface area contributed by atoms with E-state index in [1.54, 1.807) is 45.9 Å². The van der Waals surface area contributed by atoms with E-state index in [0.717, 1.165) is 12.0 Å². The third-order valence-corrected chi connectivity index (χ3v) is 6.14. The second-order valence-electron chi connectivity index (χ2n) is 10.5. The summed E-state index contributed by atoms with van der Waals surface area (Å²) in [5.41, 5.74) is 0.664. The minimum Gasteiger partial charge on any atom is -0.466 e. The number of hydrogen-bond acceptors (Lipinski definition) is 6. The largest absolute Gasteiger partial charge is 0.466 e. The number of nitrogens with zero attached hydrogens (tertiary/aromatic N) is 1. The summed E-state index contributed by atoms with van der Waals surface area (Å²) < 4.78 is 10.4. The van der Waals surface area contributed by atoms with E-state index in [2.05, 4.69) is 17.2 Å². The zero-order chi connectivity index (χ0) is 29.6. The Morgan fingerprint density at radius 2 is 1.82 bits per heavy atom. The van der Waals surface area contributed by atoms with Crippen LogP contribution in [0.3, 0.4) is 0 Å². The standard InChI is InChI=1S/C30H47N3O6/c1-9-13-19-33(28(36)25(21(5)10-2)32-29(37)39-30(6,7)8)26(23-16-14-15-22(11-3)20-23)27(35)31-18-17-24(34)38-12-4/h11,14-16,20-21,25-26H,3,9-10,12-13,17-19H2,1-2,4-8H3,(H,31,35)(H,32,37). The van der Waals surface area contributed by atoms with Gasteiger partial charge in [-0.15, -0.1) is 0 Å². The predicted octanol–water partition coefficient (Wildman–Crippen LogP) is 5.01. The molecule has 0 saturated heterocycles. The summed E-state index contributed by atoms with van der Waals surface area (Å²) in [5.74, 6) is -1.44. The van der Waals surface area contributed by atoms with Gasteiger partial charge >= 0.3 is 12.1 Å². The van der Waals surface area contributed by atoms with Crippen molar-refractivity contribution >= 4 is 30.0 Å². The van der Waals surface area contributed by atoms with Crippen molar-refractivity contribution in [2.75, 3.05) is 19.7 Å². The van der Waals surface area contributed by atoms with E-state index < -0.39 is 35.7 Å². The first-order chi connectivity index (χ1) is 18.4. The van der Waals surface area contributed by atoms with Gasteiger partial charge in [-0.3, -0.25) is 14.4 Å². The van der Waals surface area contributed by atoms with E-state index in [4.69, 9.17) is 9.47 Å². The molecule has 0 aliphatic carbocycles. The number of carbonyl (C=O) groups excluding carboxylic acids is 4. The number of amides is 3. The number of benzene rings is 1. The van der Waals surface area contributed by atoms with Crippen LogP contribution >= 0.6 is 0 Å². The number of unbranched alkanes of at least 4 members (excludes halogenated alkanes) is 1. The second-order valence-corrected chi connectivity index (χ2v) is 10.5. The highest BCUT2D eigenvalue weighted by molar-refractivity contribution is 5.92. The minimum absolute atomic E-state index is 0.0115. The molecule has 39 heavy (non-hydrogen) atoms. The number of ether oxygens (including phenoxy) is 2. The summed E-state index contributed by atoms with van der Waals surface area (Å²) in [4.78, 5) is 53.9. The molecule has 0 aliphatic rings. The number of esters is 1. The number of hydrogen-bond donors (Lipinski definition) is 2. The van der Waals surface area contributed by atoms with Crippen molar-refractivity contribution in [3.63, 3.8) is 0 Å². The quantitative estimate of drug-likeness (QED) is 0.300. The van der Waals surface area contributed by atoms with Gasteiger partial charge in [0.15, 0.2) is 0 Å². The van der Waals surface area contributed by atoms with E-state index in [-0.39, 0.29) is 31.4 Å².